The third kappa shape index (κ3) is 4.38. The van der Waals surface area contributed by atoms with Crippen LogP contribution in [-0.4, -0.2) is 34.9 Å². The second-order valence-electron chi connectivity index (χ2n) is 7.24. The van der Waals surface area contributed by atoms with Crippen molar-refractivity contribution in [1.82, 2.24) is 9.88 Å². The maximum Gasteiger partial charge on any atom is 0.241 e. The van der Waals surface area contributed by atoms with E-state index in [0.29, 0.717) is 20.8 Å². The van der Waals surface area contributed by atoms with E-state index in [-0.39, 0.29) is 17.9 Å². The summed E-state index contributed by atoms with van der Waals surface area (Å²) >= 11 is 18.1. The fourth-order valence-corrected chi connectivity index (χ4v) is 4.21. The van der Waals surface area contributed by atoms with Gasteiger partial charge in [-0.25, -0.2) is 4.98 Å². The summed E-state index contributed by atoms with van der Waals surface area (Å²) in [7, 11) is 0. The number of hydrogen-bond acceptors (Lipinski definition) is 4. The molecule has 5 nitrogen and oxygen atoms in total. The molecule has 0 aliphatic carbocycles. The number of piperidine rings is 1. The molecule has 1 fully saturated rings. The molecular formula is C21H20Cl3N3O2. The molecule has 152 valence electrons. The monoisotopic (exact) mass is 451 g/mol. The number of benzene rings is 2. The van der Waals surface area contributed by atoms with Crippen LogP contribution in [0, 0.1) is 0 Å². The van der Waals surface area contributed by atoms with Crippen molar-refractivity contribution in [3.8, 4) is 0 Å². The maximum absolute atomic E-state index is 12.7. The second-order valence-corrected chi connectivity index (χ2v) is 8.46. The predicted molar refractivity (Wildman–Crippen MR) is 117 cm³/mol. The molecule has 1 atom stereocenters. The third-order valence-corrected chi connectivity index (χ3v) is 6.42. The number of hydrogen-bond donors (Lipinski definition) is 1. The lowest BCUT2D eigenvalue weighted by Gasteiger charge is -2.34. The number of fused-ring (bicyclic) bond motifs is 1. The molecule has 0 spiro atoms. The van der Waals surface area contributed by atoms with Crippen molar-refractivity contribution in [1.29, 1.82) is 0 Å². The molecule has 1 aromatic heterocycles. The molecule has 1 amide bonds. The lowest BCUT2D eigenvalue weighted by Crippen LogP contribution is -2.45. The fraction of sp³-hybridized carbons (Fsp3) is 0.333. The van der Waals surface area contributed by atoms with E-state index in [0.717, 1.165) is 42.9 Å². The highest BCUT2D eigenvalue weighted by atomic mass is 35.5. The van der Waals surface area contributed by atoms with E-state index in [1.54, 1.807) is 6.07 Å². The van der Waals surface area contributed by atoms with Crippen molar-refractivity contribution in [2.24, 2.45) is 0 Å². The first kappa shape index (κ1) is 20.5. The van der Waals surface area contributed by atoms with Gasteiger partial charge in [0.05, 0.1) is 26.8 Å². The number of carbonyl (C=O) groups is 1. The molecule has 0 bridgehead atoms. The Morgan fingerprint density at radius 3 is 2.55 bits per heavy atom. The second kappa shape index (κ2) is 8.52. The average molecular weight is 453 g/mol. The summed E-state index contributed by atoms with van der Waals surface area (Å²) in [6, 6.07) is 10.6. The number of oxazole rings is 1. The molecule has 1 aliphatic heterocycles. The topological polar surface area (TPSA) is 58.4 Å². The first-order valence-electron chi connectivity index (χ1n) is 9.47. The predicted octanol–water partition coefficient (Wildman–Crippen LogP) is 5.99. The van der Waals surface area contributed by atoms with Crippen LogP contribution < -0.4 is 5.32 Å². The van der Waals surface area contributed by atoms with Crippen molar-refractivity contribution in [3.05, 3.63) is 57.4 Å². The van der Waals surface area contributed by atoms with Gasteiger partial charge < -0.3 is 9.73 Å². The highest BCUT2D eigenvalue weighted by Crippen LogP contribution is 2.33. The van der Waals surface area contributed by atoms with Gasteiger partial charge in [0, 0.05) is 5.92 Å². The first-order chi connectivity index (χ1) is 13.9. The standard InChI is InChI=1S/C21H20Cl3N3O2/c1-12(20(28)25-18-11-15(23)14(22)10-16(18)24)27-8-6-13(7-9-27)21-26-17-4-2-3-5-19(17)29-21/h2-5,10-13H,6-9H2,1H3,(H,25,28). The van der Waals surface area contributed by atoms with E-state index in [1.807, 2.05) is 31.2 Å². The van der Waals surface area contributed by atoms with Crippen LogP contribution in [0.3, 0.4) is 0 Å². The molecule has 0 saturated carbocycles. The normalized spacial score (nSPS) is 16.8. The number of nitrogens with one attached hydrogen (secondary N) is 1. The van der Waals surface area contributed by atoms with E-state index >= 15 is 0 Å². The molecule has 2 heterocycles. The van der Waals surface area contributed by atoms with Gasteiger partial charge in [0.15, 0.2) is 11.5 Å². The SMILES string of the molecule is CC(C(=O)Nc1cc(Cl)c(Cl)cc1Cl)N1CCC(c2nc3ccccc3o2)CC1. The van der Waals surface area contributed by atoms with Crippen molar-refractivity contribution in [2.75, 3.05) is 18.4 Å². The lowest BCUT2D eigenvalue weighted by molar-refractivity contribution is -0.121. The number of aromatic nitrogens is 1. The number of para-hydroxylation sites is 2. The van der Waals surface area contributed by atoms with Crippen LogP contribution in [0.1, 0.15) is 31.6 Å². The average Bonchev–Trinajstić information content (AvgIpc) is 3.16. The summed E-state index contributed by atoms with van der Waals surface area (Å²) < 4.78 is 5.92. The van der Waals surface area contributed by atoms with Crippen LogP contribution in [0.25, 0.3) is 11.1 Å². The Morgan fingerprint density at radius 1 is 1.14 bits per heavy atom. The Bertz CT molecular complexity index is 1010. The van der Waals surface area contributed by atoms with Gasteiger partial charge in [0.25, 0.3) is 0 Å². The zero-order valence-corrected chi connectivity index (χ0v) is 18.1. The molecular weight excluding hydrogens is 433 g/mol. The van der Waals surface area contributed by atoms with Gasteiger partial charge in [-0.3, -0.25) is 9.69 Å². The number of nitrogens with zero attached hydrogens (tertiary/aromatic N) is 2. The Morgan fingerprint density at radius 2 is 1.83 bits per heavy atom. The highest BCUT2D eigenvalue weighted by Gasteiger charge is 2.29. The Kier molecular flexibility index (Phi) is 6.02. The summed E-state index contributed by atoms with van der Waals surface area (Å²) in [5.74, 6) is 0.912. The minimum atomic E-state index is -0.301. The molecule has 4 rings (SSSR count). The van der Waals surface area contributed by atoms with Crippen molar-refractivity contribution in [3.63, 3.8) is 0 Å². The van der Waals surface area contributed by atoms with E-state index in [4.69, 9.17) is 39.2 Å². The first-order valence-corrected chi connectivity index (χ1v) is 10.6. The van der Waals surface area contributed by atoms with E-state index in [1.165, 1.54) is 6.07 Å². The summed E-state index contributed by atoms with van der Waals surface area (Å²) in [4.78, 5) is 19.5. The third-order valence-electron chi connectivity index (χ3n) is 5.38. The molecule has 3 aromatic rings. The number of rotatable bonds is 4. The molecule has 0 radical (unpaired) electrons. The summed E-state index contributed by atoms with van der Waals surface area (Å²) in [6.45, 7) is 3.46. The lowest BCUT2D eigenvalue weighted by atomic mass is 9.95. The largest absolute Gasteiger partial charge is 0.440 e. The molecule has 1 unspecified atom stereocenters. The minimum Gasteiger partial charge on any atom is -0.440 e. The van der Waals surface area contributed by atoms with Gasteiger partial charge in [-0.15, -0.1) is 0 Å². The van der Waals surface area contributed by atoms with E-state index in [9.17, 15) is 4.79 Å². The quantitative estimate of drug-likeness (QED) is 0.494. The Hall–Kier alpha value is -1.79. The van der Waals surface area contributed by atoms with Crippen LogP contribution in [-0.2, 0) is 4.79 Å². The highest BCUT2D eigenvalue weighted by molar-refractivity contribution is 6.44. The fourth-order valence-electron chi connectivity index (χ4n) is 3.62. The van der Waals surface area contributed by atoms with E-state index < -0.39 is 0 Å². The summed E-state index contributed by atoms with van der Waals surface area (Å²) in [5.41, 5.74) is 2.16. The number of halogens is 3. The van der Waals surface area contributed by atoms with Gasteiger partial charge in [-0.1, -0.05) is 46.9 Å². The van der Waals surface area contributed by atoms with Crippen LogP contribution in [0.5, 0.6) is 0 Å². The number of likely N-dealkylation sites (tertiary alicyclic amines) is 1. The zero-order chi connectivity index (χ0) is 20.5. The molecule has 1 aliphatic rings. The van der Waals surface area contributed by atoms with Crippen molar-refractivity contribution >= 4 is 57.5 Å². The summed E-state index contributed by atoms with van der Waals surface area (Å²) in [6.07, 6.45) is 1.77. The molecule has 2 aromatic carbocycles. The van der Waals surface area contributed by atoms with Crippen molar-refractivity contribution < 1.29 is 9.21 Å². The molecule has 29 heavy (non-hydrogen) atoms. The number of anilines is 1. The summed E-state index contributed by atoms with van der Waals surface area (Å²) in [5, 5.41) is 3.90. The minimum absolute atomic E-state index is 0.134. The number of carbonyl (C=O) groups excluding carboxylic acids is 1. The van der Waals surface area contributed by atoms with Gasteiger partial charge in [-0.2, -0.15) is 0 Å². The van der Waals surface area contributed by atoms with E-state index in [2.05, 4.69) is 15.2 Å². The Labute approximate surface area is 183 Å². The van der Waals surface area contributed by atoms with Crippen molar-refractivity contribution in [2.45, 2.75) is 31.7 Å². The van der Waals surface area contributed by atoms with Crippen LogP contribution in [0.15, 0.2) is 40.8 Å². The molecule has 8 heteroatoms. The van der Waals surface area contributed by atoms with Gasteiger partial charge in [0.1, 0.15) is 5.52 Å². The molecule has 1 saturated heterocycles. The number of amides is 1. The smallest absolute Gasteiger partial charge is 0.241 e. The van der Waals surface area contributed by atoms with Crippen LogP contribution >= 0.6 is 34.8 Å². The van der Waals surface area contributed by atoms with Crippen LogP contribution in [0.2, 0.25) is 15.1 Å². The van der Waals surface area contributed by atoms with Gasteiger partial charge in [0.2, 0.25) is 5.91 Å². The zero-order valence-electron chi connectivity index (χ0n) is 15.8. The maximum atomic E-state index is 12.7. The van der Waals surface area contributed by atoms with Crippen LogP contribution in [0.4, 0.5) is 5.69 Å². The Balaban J connectivity index is 1.37. The van der Waals surface area contributed by atoms with Gasteiger partial charge >= 0.3 is 0 Å². The van der Waals surface area contributed by atoms with Gasteiger partial charge in [-0.05, 0) is 57.1 Å². The molecule has 1 N–H and O–H groups in total.